The zero-order valence-corrected chi connectivity index (χ0v) is 12.1. The molecule has 0 spiro atoms. The molecule has 0 aliphatic heterocycles. The Labute approximate surface area is 124 Å². The highest BCUT2D eigenvalue weighted by Gasteiger charge is 2.30. The smallest absolute Gasteiger partial charge is 0.251 e. The zero-order valence-electron chi connectivity index (χ0n) is 12.1. The highest BCUT2D eigenvalue weighted by molar-refractivity contribution is 5.96. The number of carbonyl (C=O) groups is 2. The predicted molar refractivity (Wildman–Crippen MR) is 79.8 cm³/mol. The fourth-order valence-electron chi connectivity index (χ4n) is 2.29. The van der Waals surface area contributed by atoms with Crippen molar-refractivity contribution in [1.82, 2.24) is 10.6 Å². The third-order valence-corrected chi connectivity index (χ3v) is 3.66. The van der Waals surface area contributed by atoms with Crippen LogP contribution in [0, 0.1) is 0 Å². The van der Waals surface area contributed by atoms with E-state index in [2.05, 4.69) is 17.2 Å². The van der Waals surface area contributed by atoms with Crippen molar-refractivity contribution in [3.05, 3.63) is 48.0 Å². The number of benzene rings is 1. The van der Waals surface area contributed by atoms with Gasteiger partial charge in [0.1, 0.15) is 0 Å². The molecule has 1 aromatic rings. The molecule has 2 amide bonds. The van der Waals surface area contributed by atoms with Crippen LogP contribution in [-0.2, 0) is 16.1 Å². The van der Waals surface area contributed by atoms with Crippen LogP contribution >= 0.6 is 0 Å². The van der Waals surface area contributed by atoms with E-state index in [-0.39, 0.29) is 24.0 Å². The second kappa shape index (κ2) is 7.04. The molecule has 1 aliphatic rings. The molecule has 0 radical (unpaired) electrons. The van der Waals surface area contributed by atoms with Crippen LogP contribution in [0.4, 0.5) is 0 Å². The van der Waals surface area contributed by atoms with Gasteiger partial charge in [0, 0.05) is 25.3 Å². The van der Waals surface area contributed by atoms with E-state index < -0.39 is 0 Å². The summed E-state index contributed by atoms with van der Waals surface area (Å²) in [5, 5.41) is 5.67. The highest BCUT2D eigenvalue weighted by atomic mass is 16.5. The third kappa shape index (κ3) is 3.92. The minimum absolute atomic E-state index is 0.113. The van der Waals surface area contributed by atoms with Crippen LogP contribution in [-0.4, -0.2) is 31.1 Å². The van der Waals surface area contributed by atoms with Crippen molar-refractivity contribution in [1.29, 1.82) is 0 Å². The molecular formula is C16H20N2O3. The summed E-state index contributed by atoms with van der Waals surface area (Å²) in [5.41, 5.74) is 1.37. The molecule has 1 aromatic carbocycles. The van der Waals surface area contributed by atoms with Crippen LogP contribution in [0.1, 0.15) is 28.8 Å². The minimum Gasteiger partial charge on any atom is -0.381 e. The molecule has 5 heteroatoms. The second-order valence-corrected chi connectivity index (χ2v) is 5.08. The molecule has 0 bridgehead atoms. The Bertz CT molecular complexity index is 536. The number of hydrogen-bond acceptors (Lipinski definition) is 3. The molecule has 1 aliphatic carbocycles. The first-order valence-corrected chi connectivity index (χ1v) is 6.96. The zero-order chi connectivity index (χ0) is 15.2. The average molecular weight is 288 g/mol. The summed E-state index contributed by atoms with van der Waals surface area (Å²) in [6, 6.07) is 7.41. The molecular weight excluding hydrogens is 268 g/mol. The van der Waals surface area contributed by atoms with Gasteiger partial charge in [-0.3, -0.25) is 9.59 Å². The number of carbonyl (C=O) groups excluding carboxylic acids is 2. The molecule has 1 saturated carbocycles. The Morgan fingerprint density at radius 3 is 2.76 bits per heavy atom. The van der Waals surface area contributed by atoms with Crippen molar-refractivity contribution >= 4 is 11.8 Å². The van der Waals surface area contributed by atoms with Gasteiger partial charge < -0.3 is 15.4 Å². The summed E-state index contributed by atoms with van der Waals surface area (Å²) in [6.45, 7) is 3.71. The normalized spacial score (nSPS) is 20.2. The van der Waals surface area contributed by atoms with E-state index in [0.717, 1.165) is 18.4 Å². The number of ether oxygens (including phenoxy) is 1. The molecule has 2 N–H and O–H groups in total. The Balaban J connectivity index is 1.97. The first kappa shape index (κ1) is 15.3. The van der Waals surface area contributed by atoms with Crippen LogP contribution in [0.2, 0.25) is 0 Å². The lowest BCUT2D eigenvalue weighted by Gasteiger charge is -2.34. The standard InChI is InChI=1S/C16H20N2O3/c1-3-15(19)17-10-11-6-4-5-7-14(11)16(20)18-12-8-13(9-12)21-2/h3-7,12-13H,1,8-10H2,2H3,(H,17,19)(H,18,20). The van der Waals surface area contributed by atoms with Crippen molar-refractivity contribution in [2.75, 3.05) is 7.11 Å². The van der Waals surface area contributed by atoms with Crippen LogP contribution in [0.15, 0.2) is 36.9 Å². The first-order chi connectivity index (χ1) is 10.1. The molecule has 21 heavy (non-hydrogen) atoms. The predicted octanol–water partition coefficient (Wildman–Crippen LogP) is 1.40. The summed E-state index contributed by atoms with van der Waals surface area (Å²) in [4.78, 5) is 23.5. The molecule has 112 valence electrons. The van der Waals surface area contributed by atoms with Gasteiger partial charge in [0.2, 0.25) is 5.91 Å². The number of hydrogen-bond donors (Lipinski definition) is 2. The summed E-state index contributed by atoms with van der Waals surface area (Å²) in [7, 11) is 1.68. The lowest BCUT2D eigenvalue weighted by atomic mass is 9.89. The number of rotatable bonds is 6. The molecule has 0 atom stereocenters. The van der Waals surface area contributed by atoms with Crippen molar-refractivity contribution < 1.29 is 14.3 Å². The Morgan fingerprint density at radius 2 is 2.10 bits per heavy atom. The molecule has 0 unspecified atom stereocenters. The Kier molecular flexibility index (Phi) is 5.11. The maximum Gasteiger partial charge on any atom is 0.251 e. The van der Waals surface area contributed by atoms with Crippen molar-refractivity contribution in [3.63, 3.8) is 0 Å². The van der Waals surface area contributed by atoms with Crippen LogP contribution in [0.25, 0.3) is 0 Å². The number of nitrogens with one attached hydrogen (secondary N) is 2. The van der Waals surface area contributed by atoms with Crippen molar-refractivity contribution in [3.8, 4) is 0 Å². The van der Waals surface area contributed by atoms with E-state index >= 15 is 0 Å². The molecule has 0 heterocycles. The molecule has 0 saturated heterocycles. The molecule has 0 aromatic heterocycles. The second-order valence-electron chi connectivity index (χ2n) is 5.08. The van der Waals surface area contributed by atoms with E-state index in [4.69, 9.17) is 4.74 Å². The molecule has 1 fully saturated rings. The maximum absolute atomic E-state index is 12.3. The van der Waals surface area contributed by atoms with Gasteiger partial charge in [-0.2, -0.15) is 0 Å². The lowest BCUT2D eigenvalue weighted by molar-refractivity contribution is -0.116. The minimum atomic E-state index is -0.257. The topological polar surface area (TPSA) is 67.4 Å². The molecule has 2 rings (SSSR count). The fourth-order valence-corrected chi connectivity index (χ4v) is 2.29. The highest BCUT2D eigenvalue weighted by Crippen LogP contribution is 2.23. The van der Waals surface area contributed by atoms with Gasteiger partial charge in [0.05, 0.1) is 6.10 Å². The van der Waals surface area contributed by atoms with Crippen LogP contribution < -0.4 is 10.6 Å². The van der Waals surface area contributed by atoms with E-state index in [1.807, 2.05) is 18.2 Å². The van der Waals surface area contributed by atoms with E-state index in [1.54, 1.807) is 13.2 Å². The average Bonchev–Trinajstić information content (AvgIpc) is 2.47. The van der Waals surface area contributed by atoms with Gasteiger partial charge in [-0.25, -0.2) is 0 Å². The summed E-state index contributed by atoms with van der Waals surface area (Å²) in [6.07, 6.45) is 3.15. The van der Waals surface area contributed by atoms with Gasteiger partial charge in [-0.05, 0) is 30.5 Å². The van der Waals surface area contributed by atoms with Gasteiger partial charge in [-0.1, -0.05) is 24.8 Å². The van der Waals surface area contributed by atoms with Crippen molar-refractivity contribution in [2.45, 2.75) is 31.5 Å². The van der Waals surface area contributed by atoms with Gasteiger partial charge in [-0.15, -0.1) is 0 Å². The van der Waals surface area contributed by atoms with Crippen LogP contribution in [0.3, 0.4) is 0 Å². The van der Waals surface area contributed by atoms with E-state index in [1.165, 1.54) is 6.08 Å². The maximum atomic E-state index is 12.3. The Morgan fingerprint density at radius 1 is 1.38 bits per heavy atom. The SMILES string of the molecule is C=CC(=O)NCc1ccccc1C(=O)NC1CC(OC)C1. The number of methoxy groups -OCH3 is 1. The largest absolute Gasteiger partial charge is 0.381 e. The van der Waals surface area contributed by atoms with E-state index in [0.29, 0.717) is 12.1 Å². The van der Waals surface area contributed by atoms with Gasteiger partial charge in [0.25, 0.3) is 5.91 Å². The molecule has 5 nitrogen and oxygen atoms in total. The van der Waals surface area contributed by atoms with Crippen molar-refractivity contribution in [2.24, 2.45) is 0 Å². The summed E-state index contributed by atoms with van der Waals surface area (Å²) >= 11 is 0. The van der Waals surface area contributed by atoms with Gasteiger partial charge in [0.15, 0.2) is 0 Å². The summed E-state index contributed by atoms with van der Waals surface area (Å²) < 4.78 is 5.20. The number of amides is 2. The summed E-state index contributed by atoms with van der Waals surface area (Å²) in [5.74, 6) is -0.370. The fraction of sp³-hybridized carbons (Fsp3) is 0.375. The van der Waals surface area contributed by atoms with Crippen LogP contribution in [0.5, 0.6) is 0 Å². The quantitative estimate of drug-likeness (QED) is 0.777. The van der Waals surface area contributed by atoms with E-state index in [9.17, 15) is 9.59 Å². The third-order valence-electron chi connectivity index (χ3n) is 3.66. The lowest BCUT2D eigenvalue weighted by Crippen LogP contribution is -2.47. The monoisotopic (exact) mass is 288 g/mol. The van der Waals surface area contributed by atoms with Gasteiger partial charge >= 0.3 is 0 Å². The Hall–Kier alpha value is -2.14. The first-order valence-electron chi connectivity index (χ1n) is 6.96.